The monoisotopic (exact) mass is 554 g/mol. The van der Waals surface area contributed by atoms with Crippen LogP contribution in [0.2, 0.25) is 0 Å². The highest BCUT2D eigenvalue weighted by Crippen LogP contribution is 2.52. The molecule has 0 radical (unpaired) electrons. The quantitative estimate of drug-likeness (QED) is 0.271. The van der Waals surface area contributed by atoms with Crippen LogP contribution in [-0.4, -0.2) is 60.2 Å². The van der Waals surface area contributed by atoms with Crippen molar-refractivity contribution in [1.29, 1.82) is 0 Å². The van der Waals surface area contributed by atoms with Crippen molar-refractivity contribution in [1.82, 2.24) is 0 Å². The van der Waals surface area contributed by atoms with Gasteiger partial charge in [0.15, 0.2) is 0 Å². The van der Waals surface area contributed by atoms with E-state index in [1.54, 1.807) is 4.74 Å². The standard InChI is InChI=1S/C12H4F18O4/c13-5(8(17,18)19,33-11(26,27)7(15,16)10(23,24)25)1-3(31)4(32)2-6(14,9(20,21)22)34-12(28,29)30/h1-2H2. The zero-order valence-corrected chi connectivity index (χ0v) is 14.9. The number of alkyl halides is 18. The van der Waals surface area contributed by atoms with Gasteiger partial charge in [-0.05, 0) is 0 Å². The molecule has 0 heterocycles. The summed E-state index contributed by atoms with van der Waals surface area (Å²) in [5.41, 5.74) is 0. The molecule has 0 spiro atoms. The second-order valence-electron chi connectivity index (χ2n) is 5.89. The Labute approximate surface area is 172 Å². The molecule has 2 atom stereocenters. The molecule has 22 heteroatoms. The van der Waals surface area contributed by atoms with Crippen molar-refractivity contribution >= 4 is 11.6 Å². The van der Waals surface area contributed by atoms with Gasteiger partial charge in [0.05, 0.1) is 12.8 Å². The van der Waals surface area contributed by atoms with Crippen molar-refractivity contribution in [2.75, 3.05) is 0 Å². The van der Waals surface area contributed by atoms with Gasteiger partial charge in [-0.2, -0.15) is 57.1 Å². The van der Waals surface area contributed by atoms with E-state index in [0.29, 0.717) is 0 Å². The van der Waals surface area contributed by atoms with Crippen LogP contribution in [0.3, 0.4) is 0 Å². The zero-order valence-electron chi connectivity index (χ0n) is 14.9. The third-order valence-electron chi connectivity index (χ3n) is 3.22. The lowest BCUT2D eigenvalue weighted by Crippen LogP contribution is -2.59. The normalized spacial score (nSPS) is 18.3. The Balaban J connectivity index is 6.10. The van der Waals surface area contributed by atoms with Crippen molar-refractivity contribution < 1.29 is 98.1 Å². The van der Waals surface area contributed by atoms with Gasteiger partial charge < -0.3 is 0 Å². The van der Waals surface area contributed by atoms with Crippen LogP contribution in [-0.2, 0) is 19.1 Å². The fraction of sp³-hybridized carbons (Fsp3) is 0.833. The molecular weight excluding hydrogens is 550 g/mol. The van der Waals surface area contributed by atoms with Gasteiger partial charge in [-0.15, -0.1) is 13.2 Å². The lowest BCUT2D eigenvalue weighted by molar-refractivity contribution is -0.482. The summed E-state index contributed by atoms with van der Waals surface area (Å²) < 4.78 is 229. The van der Waals surface area contributed by atoms with Crippen LogP contribution in [0.1, 0.15) is 12.8 Å². The lowest BCUT2D eigenvalue weighted by atomic mass is 10.0. The average molecular weight is 554 g/mol. The minimum atomic E-state index is -7.60. The third kappa shape index (κ3) is 7.01. The number of ether oxygens (including phenoxy) is 2. The molecule has 0 aromatic heterocycles. The third-order valence-corrected chi connectivity index (χ3v) is 3.22. The molecule has 0 aliphatic rings. The topological polar surface area (TPSA) is 52.6 Å². The molecule has 0 saturated carbocycles. The first-order chi connectivity index (χ1) is 14.4. The average Bonchev–Trinajstić information content (AvgIpc) is 2.48. The van der Waals surface area contributed by atoms with Crippen molar-refractivity contribution in [3.8, 4) is 0 Å². The Hall–Kier alpha value is -2.00. The predicted octanol–water partition coefficient (Wildman–Crippen LogP) is 5.70. The van der Waals surface area contributed by atoms with E-state index < -0.39 is 73.0 Å². The maximum absolute atomic E-state index is 13.8. The Morgan fingerprint density at radius 3 is 1.00 bits per heavy atom. The molecule has 0 aliphatic carbocycles. The SMILES string of the molecule is O=C(CC(F)(OC(F)(F)F)C(F)(F)F)C(=O)CC(F)(OC(F)(F)C(F)(F)C(F)(F)F)C(F)(F)F. The number of Topliss-reactive ketones (excluding diaryl/α,β-unsaturated/α-hetero) is 2. The molecule has 4 nitrogen and oxygen atoms in total. The first kappa shape index (κ1) is 32.0. The molecule has 34 heavy (non-hydrogen) atoms. The van der Waals surface area contributed by atoms with Crippen LogP contribution in [0, 0.1) is 0 Å². The van der Waals surface area contributed by atoms with Gasteiger partial charge in [0.2, 0.25) is 11.6 Å². The van der Waals surface area contributed by atoms with Crippen LogP contribution in [0.4, 0.5) is 79.0 Å². The summed E-state index contributed by atoms with van der Waals surface area (Å²) in [5.74, 6) is -27.3. The van der Waals surface area contributed by atoms with Crippen LogP contribution in [0.25, 0.3) is 0 Å². The Morgan fingerprint density at radius 2 is 0.765 bits per heavy atom. The van der Waals surface area contributed by atoms with E-state index in [4.69, 9.17) is 0 Å². The van der Waals surface area contributed by atoms with E-state index in [1.165, 1.54) is 0 Å². The summed E-state index contributed by atoms with van der Waals surface area (Å²) in [7, 11) is 0. The molecule has 0 amide bonds. The molecule has 0 aromatic rings. The highest BCUT2D eigenvalue weighted by molar-refractivity contribution is 6.37. The summed E-state index contributed by atoms with van der Waals surface area (Å²) in [6, 6.07) is 0. The highest BCUT2D eigenvalue weighted by atomic mass is 19.4. The molecular formula is C12H4F18O4. The summed E-state index contributed by atoms with van der Waals surface area (Å²) in [6.07, 6.45) is -42.8. The molecule has 0 fully saturated rings. The van der Waals surface area contributed by atoms with Gasteiger partial charge in [-0.1, -0.05) is 0 Å². The van der Waals surface area contributed by atoms with Crippen molar-refractivity contribution in [2.24, 2.45) is 0 Å². The molecule has 0 bridgehead atoms. The Morgan fingerprint density at radius 1 is 0.471 bits per heavy atom. The van der Waals surface area contributed by atoms with Crippen LogP contribution in [0.5, 0.6) is 0 Å². The van der Waals surface area contributed by atoms with E-state index in [2.05, 4.69) is 0 Å². The molecule has 0 N–H and O–H groups in total. The van der Waals surface area contributed by atoms with Crippen LogP contribution in [0.15, 0.2) is 0 Å². The fourth-order valence-corrected chi connectivity index (χ4v) is 1.61. The van der Waals surface area contributed by atoms with Crippen LogP contribution >= 0.6 is 0 Å². The van der Waals surface area contributed by atoms with Gasteiger partial charge in [-0.25, -0.2) is 13.5 Å². The summed E-state index contributed by atoms with van der Waals surface area (Å²) >= 11 is 0. The number of hydrogen-bond donors (Lipinski definition) is 0. The van der Waals surface area contributed by atoms with E-state index in [1.807, 2.05) is 4.74 Å². The second-order valence-corrected chi connectivity index (χ2v) is 5.89. The fourth-order valence-electron chi connectivity index (χ4n) is 1.61. The number of halogens is 18. The van der Waals surface area contributed by atoms with E-state index in [0.717, 1.165) is 0 Å². The highest BCUT2D eigenvalue weighted by Gasteiger charge is 2.78. The van der Waals surface area contributed by atoms with Gasteiger partial charge in [0, 0.05) is 0 Å². The van der Waals surface area contributed by atoms with Crippen molar-refractivity contribution in [2.45, 2.75) is 61.5 Å². The number of ketones is 2. The number of carbonyl (C=O) groups is 2. The van der Waals surface area contributed by atoms with E-state index in [9.17, 15) is 88.6 Å². The zero-order chi connectivity index (χ0) is 28.0. The van der Waals surface area contributed by atoms with Gasteiger partial charge in [0.25, 0.3) is 0 Å². The van der Waals surface area contributed by atoms with Crippen molar-refractivity contribution in [3.05, 3.63) is 0 Å². The predicted molar refractivity (Wildman–Crippen MR) is 63.2 cm³/mol. The number of hydrogen-bond acceptors (Lipinski definition) is 4. The maximum Gasteiger partial charge on any atom is 0.525 e. The first-order valence-corrected chi connectivity index (χ1v) is 7.29. The smallest absolute Gasteiger partial charge is 0.291 e. The minimum Gasteiger partial charge on any atom is -0.291 e. The largest absolute Gasteiger partial charge is 0.525 e. The second kappa shape index (κ2) is 8.90. The van der Waals surface area contributed by atoms with E-state index >= 15 is 0 Å². The van der Waals surface area contributed by atoms with Crippen molar-refractivity contribution in [3.63, 3.8) is 0 Å². The summed E-state index contributed by atoms with van der Waals surface area (Å²) in [4.78, 5) is 22.4. The van der Waals surface area contributed by atoms with Gasteiger partial charge >= 0.3 is 48.6 Å². The maximum atomic E-state index is 13.8. The molecule has 2 unspecified atom stereocenters. The van der Waals surface area contributed by atoms with Gasteiger partial charge in [0.1, 0.15) is 0 Å². The van der Waals surface area contributed by atoms with Gasteiger partial charge in [-0.3, -0.25) is 14.3 Å². The lowest BCUT2D eigenvalue weighted by Gasteiger charge is -2.34. The molecule has 0 aliphatic heterocycles. The Bertz CT molecular complexity index is 761. The first-order valence-electron chi connectivity index (χ1n) is 7.29. The molecule has 202 valence electrons. The van der Waals surface area contributed by atoms with Crippen LogP contribution < -0.4 is 0 Å². The molecule has 0 aromatic carbocycles. The number of carbonyl (C=O) groups excluding carboxylic acids is 2. The number of rotatable bonds is 9. The Kier molecular flexibility index (Phi) is 8.37. The molecule has 0 saturated heterocycles. The summed E-state index contributed by atoms with van der Waals surface area (Å²) in [5, 5.41) is 0. The van der Waals surface area contributed by atoms with E-state index in [-0.39, 0.29) is 0 Å². The minimum absolute atomic E-state index is 1.78. The summed E-state index contributed by atoms with van der Waals surface area (Å²) in [6.45, 7) is 0. The molecule has 0 rings (SSSR count).